The fourth-order valence-corrected chi connectivity index (χ4v) is 2.58. The van der Waals surface area contributed by atoms with Crippen molar-refractivity contribution in [3.63, 3.8) is 0 Å². The molecule has 0 aromatic carbocycles. The normalized spacial score (nSPS) is 27.0. The SMILES string of the molecule is Cc1nc(C2CCC(C)C2)ncc1[C@@H](C)N. The molecule has 3 heteroatoms. The minimum atomic E-state index is 0.0246. The van der Waals surface area contributed by atoms with Crippen molar-refractivity contribution in [2.24, 2.45) is 11.7 Å². The Balaban J connectivity index is 2.21. The van der Waals surface area contributed by atoms with Crippen LogP contribution in [0.3, 0.4) is 0 Å². The Morgan fingerprint density at radius 3 is 2.69 bits per heavy atom. The summed E-state index contributed by atoms with van der Waals surface area (Å²) in [6.07, 6.45) is 5.68. The van der Waals surface area contributed by atoms with E-state index in [0.29, 0.717) is 5.92 Å². The van der Waals surface area contributed by atoms with Crippen molar-refractivity contribution < 1.29 is 0 Å². The molecule has 1 aromatic rings. The third-order valence-electron chi connectivity index (χ3n) is 3.59. The molecule has 0 aliphatic heterocycles. The topological polar surface area (TPSA) is 51.8 Å². The van der Waals surface area contributed by atoms with Gasteiger partial charge >= 0.3 is 0 Å². The number of nitrogens with zero attached hydrogens (tertiary/aromatic N) is 2. The molecule has 2 rings (SSSR count). The third-order valence-corrected chi connectivity index (χ3v) is 3.59. The smallest absolute Gasteiger partial charge is 0.131 e. The summed E-state index contributed by atoms with van der Waals surface area (Å²) in [7, 11) is 0. The number of hydrogen-bond acceptors (Lipinski definition) is 3. The van der Waals surface area contributed by atoms with Crippen LogP contribution in [0.4, 0.5) is 0 Å². The van der Waals surface area contributed by atoms with Crippen LogP contribution in [0.1, 0.15) is 62.2 Å². The summed E-state index contributed by atoms with van der Waals surface area (Å²) < 4.78 is 0. The van der Waals surface area contributed by atoms with Crippen LogP contribution in [0.5, 0.6) is 0 Å². The Labute approximate surface area is 97.5 Å². The van der Waals surface area contributed by atoms with E-state index in [2.05, 4.69) is 16.9 Å². The average molecular weight is 219 g/mol. The first-order valence-electron chi connectivity index (χ1n) is 6.17. The van der Waals surface area contributed by atoms with E-state index in [4.69, 9.17) is 5.73 Å². The van der Waals surface area contributed by atoms with Crippen LogP contribution in [0.15, 0.2) is 6.20 Å². The Bertz CT molecular complexity index is 373. The van der Waals surface area contributed by atoms with Gasteiger partial charge in [-0.2, -0.15) is 0 Å². The molecule has 1 heterocycles. The average Bonchev–Trinajstić information content (AvgIpc) is 2.64. The summed E-state index contributed by atoms with van der Waals surface area (Å²) in [5.74, 6) is 2.41. The Hall–Kier alpha value is -0.960. The van der Waals surface area contributed by atoms with E-state index in [1.807, 2.05) is 20.0 Å². The van der Waals surface area contributed by atoms with E-state index < -0.39 is 0 Å². The van der Waals surface area contributed by atoms with Gasteiger partial charge in [-0.05, 0) is 39.0 Å². The molecule has 1 aromatic heterocycles. The van der Waals surface area contributed by atoms with Crippen LogP contribution in [-0.2, 0) is 0 Å². The zero-order chi connectivity index (χ0) is 11.7. The fraction of sp³-hybridized carbons (Fsp3) is 0.692. The van der Waals surface area contributed by atoms with Gasteiger partial charge in [0.15, 0.2) is 0 Å². The van der Waals surface area contributed by atoms with Crippen LogP contribution in [0, 0.1) is 12.8 Å². The summed E-state index contributed by atoms with van der Waals surface area (Å²) in [6, 6.07) is 0.0246. The highest BCUT2D eigenvalue weighted by molar-refractivity contribution is 5.20. The minimum Gasteiger partial charge on any atom is -0.324 e. The van der Waals surface area contributed by atoms with Gasteiger partial charge in [0, 0.05) is 29.4 Å². The van der Waals surface area contributed by atoms with Gasteiger partial charge < -0.3 is 5.73 Å². The summed E-state index contributed by atoms with van der Waals surface area (Å²) in [6.45, 7) is 6.31. The molecular formula is C13H21N3. The molecule has 3 atom stereocenters. The fourth-order valence-electron chi connectivity index (χ4n) is 2.58. The van der Waals surface area contributed by atoms with Gasteiger partial charge in [0.05, 0.1) is 0 Å². The molecule has 0 bridgehead atoms. The van der Waals surface area contributed by atoms with Crippen molar-refractivity contribution in [3.8, 4) is 0 Å². The maximum Gasteiger partial charge on any atom is 0.131 e. The second-order valence-corrected chi connectivity index (χ2v) is 5.17. The molecule has 3 nitrogen and oxygen atoms in total. The van der Waals surface area contributed by atoms with E-state index in [0.717, 1.165) is 23.0 Å². The van der Waals surface area contributed by atoms with E-state index in [1.165, 1.54) is 19.3 Å². The Morgan fingerprint density at radius 1 is 1.44 bits per heavy atom. The first kappa shape index (κ1) is 11.5. The summed E-state index contributed by atoms with van der Waals surface area (Å²) >= 11 is 0. The number of aryl methyl sites for hydroxylation is 1. The van der Waals surface area contributed by atoms with Crippen molar-refractivity contribution in [2.45, 2.75) is 52.0 Å². The molecule has 2 N–H and O–H groups in total. The van der Waals surface area contributed by atoms with Crippen molar-refractivity contribution in [3.05, 3.63) is 23.3 Å². The van der Waals surface area contributed by atoms with Crippen molar-refractivity contribution >= 4 is 0 Å². The van der Waals surface area contributed by atoms with Gasteiger partial charge in [0.1, 0.15) is 5.82 Å². The molecule has 1 aliphatic carbocycles. The van der Waals surface area contributed by atoms with Gasteiger partial charge in [-0.25, -0.2) is 9.97 Å². The molecule has 88 valence electrons. The van der Waals surface area contributed by atoms with Crippen LogP contribution >= 0.6 is 0 Å². The van der Waals surface area contributed by atoms with E-state index in [-0.39, 0.29) is 6.04 Å². The first-order chi connectivity index (χ1) is 7.58. The number of aromatic nitrogens is 2. The zero-order valence-electron chi connectivity index (χ0n) is 10.4. The van der Waals surface area contributed by atoms with Crippen molar-refractivity contribution in [1.82, 2.24) is 9.97 Å². The predicted molar refractivity (Wildman–Crippen MR) is 65.1 cm³/mol. The quantitative estimate of drug-likeness (QED) is 0.832. The Kier molecular flexibility index (Phi) is 3.24. The van der Waals surface area contributed by atoms with Gasteiger partial charge in [-0.1, -0.05) is 6.92 Å². The lowest BCUT2D eigenvalue weighted by Gasteiger charge is -2.13. The second kappa shape index (κ2) is 4.50. The molecule has 1 saturated carbocycles. The highest BCUT2D eigenvalue weighted by atomic mass is 14.9. The number of nitrogens with two attached hydrogens (primary N) is 1. The lowest BCUT2D eigenvalue weighted by atomic mass is 10.0. The first-order valence-corrected chi connectivity index (χ1v) is 6.17. The van der Waals surface area contributed by atoms with E-state index in [1.54, 1.807) is 0 Å². The minimum absolute atomic E-state index is 0.0246. The standard InChI is InChI=1S/C13H21N3/c1-8-4-5-11(6-8)13-15-7-12(9(2)14)10(3)16-13/h7-9,11H,4-6,14H2,1-3H3/t8?,9-,11?/m1/s1. The largest absolute Gasteiger partial charge is 0.324 e. The maximum absolute atomic E-state index is 5.86. The molecule has 1 fully saturated rings. The molecule has 1 aliphatic rings. The van der Waals surface area contributed by atoms with Crippen molar-refractivity contribution in [2.75, 3.05) is 0 Å². The monoisotopic (exact) mass is 219 g/mol. The highest BCUT2D eigenvalue weighted by Gasteiger charge is 2.25. The van der Waals surface area contributed by atoms with E-state index in [9.17, 15) is 0 Å². The highest BCUT2D eigenvalue weighted by Crippen LogP contribution is 2.36. The number of hydrogen-bond donors (Lipinski definition) is 1. The molecule has 0 amide bonds. The van der Waals surface area contributed by atoms with Crippen molar-refractivity contribution in [1.29, 1.82) is 0 Å². The van der Waals surface area contributed by atoms with Crippen LogP contribution in [-0.4, -0.2) is 9.97 Å². The second-order valence-electron chi connectivity index (χ2n) is 5.17. The lowest BCUT2D eigenvalue weighted by molar-refractivity contribution is 0.583. The predicted octanol–water partition coefficient (Wildman–Crippen LogP) is 2.71. The summed E-state index contributed by atoms with van der Waals surface area (Å²) in [5.41, 5.74) is 7.97. The van der Waals surface area contributed by atoms with Gasteiger partial charge in [0.2, 0.25) is 0 Å². The van der Waals surface area contributed by atoms with Gasteiger partial charge in [0.25, 0.3) is 0 Å². The lowest BCUT2D eigenvalue weighted by Crippen LogP contribution is -2.11. The zero-order valence-corrected chi connectivity index (χ0v) is 10.4. The molecule has 2 unspecified atom stereocenters. The van der Waals surface area contributed by atoms with Crippen LogP contribution in [0.2, 0.25) is 0 Å². The summed E-state index contributed by atoms with van der Waals surface area (Å²) in [5, 5.41) is 0. The van der Waals surface area contributed by atoms with E-state index >= 15 is 0 Å². The Morgan fingerprint density at radius 2 is 2.19 bits per heavy atom. The van der Waals surface area contributed by atoms with Gasteiger partial charge in [-0.3, -0.25) is 0 Å². The molecule has 0 radical (unpaired) electrons. The van der Waals surface area contributed by atoms with Crippen LogP contribution in [0.25, 0.3) is 0 Å². The third kappa shape index (κ3) is 2.24. The van der Waals surface area contributed by atoms with Gasteiger partial charge in [-0.15, -0.1) is 0 Å². The summed E-state index contributed by atoms with van der Waals surface area (Å²) in [4.78, 5) is 9.11. The number of rotatable bonds is 2. The molecule has 0 saturated heterocycles. The molecule has 16 heavy (non-hydrogen) atoms. The van der Waals surface area contributed by atoms with Crippen LogP contribution < -0.4 is 5.73 Å². The maximum atomic E-state index is 5.86. The molecule has 0 spiro atoms. The molecular weight excluding hydrogens is 198 g/mol.